The van der Waals surface area contributed by atoms with Crippen molar-refractivity contribution in [3.8, 4) is 5.75 Å². The number of hydrogen-bond acceptors (Lipinski definition) is 5. The fourth-order valence-electron chi connectivity index (χ4n) is 2.85. The van der Waals surface area contributed by atoms with E-state index in [0.717, 1.165) is 50.0 Å². The summed E-state index contributed by atoms with van der Waals surface area (Å²) in [6.45, 7) is 4.68. The number of halogens is 1. The first-order chi connectivity index (χ1) is 11.8. The van der Waals surface area contributed by atoms with E-state index >= 15 is 0 Å². The number of rotatable bonds is 6. The van der Waals surface area contributed by atoms with Crippen LogP contribution in [-0.2, 0) is 17.8 Å². The van der Waals surface area contributed by atoms with Gasteiger partial charge in [0, 0.05) is 48.5 Å². The highest BCUT2D eigenvalue weighted by Gasteiger charge is 2.15. The van der Waals surface area contributed by atoms with Gasteiger partial charge in [-0.2, -0.15) is 0 Å². The zero-order chi connectivity index (χ0) is 16.8. The molecule has 3 rings (SSSR count). The fraction of sp³-hybridized carbons (Fsp3) is 0.389. The molecular weight excluding hydrogens is 326 g/mol. The summed E-state index contributed by atoms with van der Waals surface area (Å²) in [5, 5.41) is 4.17. The Balaban J connectivity index is 1.66. The lowest BCUT2D eigenvalue weighted by molar-refractivity contribution is 0.122. The number of nitrogens with one attached hydrogen (secondary N) is 1. The van der Waals surface area contributed by atoms with Crippen molar-refractivity contribution >= 4 is 17.4 Å². The van der Waals surface area contributed by atoms with E-state index in [4.69, 9.17) is 21.1 Å². The molecule has 1 aliphatic rings. The molecule has 0 unspecified atom stereocenters. The molecule has 1 fully saturated rings. The standard InChI is InChI=1S/C18H22ClN3O2/c1-23-17-5-4-16(19)11-15(17)13-20-12-14-3-2-6-21-18(14)22-7-9-24-10-8-22/h2-6,11,20H,7-10,12-13H2,1H3. The van der Waals surface area contributed by atoms with Crippen LogP contribution in [0.3, 0.4) is 0 Å². The molecule has 0 radical (unpaired) electrons. The minimum atomic E-state index is 0.682. The molecule has 0 atom stereocenters. The van der Waals surface area contributed by atoms with Crippen LogP contribution in [0.1, 0.15) is 11.1 Å². The number of pyridine rings is 1. The predicted molar refractivity (Wildman–Crippen MR) is 95.8 cm³/mol. The number of morpholine rings is 1. The summed E-state index contributed by atoms with van der Waals surface area (Å²) in [4.78, 5) is 6.84. The quantitative estimate of drug-likeness (QED) is 0.870. The van der Waals surface area contributed by atoms with Crippen LogP contribution in [-0.4, -0.2) is 38.4 Å². The minimum absolute atomic E-state index is 0.682. The molecule has 1 aliphatic heterocycles. The lowest BCUT2D eigenvalue weighted by atomic mass is 10.2. The number of nitrogens with zero attached hydrogens (tertiary/aromatic N) is 2. The van der Waals surface area contributed by atoms with Crippen LogP contribution in [0.5, 0.6) is 5.75 Å². The number of methoxy groups -OCH3 is 1. The molecule has 6 heteroatoms. The highest BCUT2D eigenvalue weighted by Crippen LogP contribution is 2.23. The fourth-order valence-corrected chi connectivity index (χ4v) is 3.04. The molecule has 0 spiro atoms. The van der Waals surface area contributed by atoms with Crippen LogP contribution in [0.15, 0.2) is 36.5 Å². The van der Waals surface area contributed by atoms with Crippen molar-refractivity contribution in [1.82, 2.24) is 10.3 Å². The minimum Gasteiger partial charge on any atom is -0.496 e. The first kappa shape index (κ1) is 17.0. The number of ether oxygens (including phenoxy) is 2. The van der Waals surface area contributed by atoms with Gasteiger partial charge in [-0.25, -0.2) is 4.98 Å². The Morgan fingerprint density at radius 1 is 1.21 bits per heavy atom. The highest BCUT2D eigenvalue weighted by atomic mass is 35.5. The molecule has 0 aliphatic carbocycles. The maximum Gasteiger partial charge on any atom is 0.133 e. The number of anilines is 1. The van der Waals surface area contributed by atoms with Crippen LogP contribution >= 0.6 is 11.6 Å². The van der Waals surface area contributed by atoms with Gasteiger partial charge in [-0.15, -0.1) is 0 Å². The maximum absolute atomic E-state index is 6.08. The van der Waals surface area contributed by atoms with Crippen molar-refractivity contribution in [3.63, 3.8) is 0 Å². The summed E-state index contributed by atoms with van der Waals surface area (Å²) < 4.78 is 10.8. The maximum atomic E-state index is 6.08. The Bertz CT molecular complexity index is 675. The molecule has 0 bridgehead atoms. The van der Waals surface area contributed by atoms with Gasteiger partial charge in [0.2, 0.25) is 0 Å². The summed E-state index contributed by atoms with van der Waals surface area (Å²) in [7, 11) is 1.67. The Hall–Kier alpha value is -1.82. The van der Waals surface area contributed by atoms with Gasteiger partial charge >= 0.3 is 0 Å². The van der Waals surface area contributed by atoms with E-state index in [9.17, 15) is 0 Å². The number of benzene rings is 1. The molecule has 5 nitrogen and oxygen atoms in total. The van der Waals surface area contributed by atoms with Gasteiger partial charge in [-0.1, -0.05) is 17.7 Å². The van der Waals surface area contributed by atoms with Crippen LogP contribution in [0, 0.1) is 0 Å². The van der Waals surface area contributed by atoms with Crippen LogP contribution in [0.25, 0.3) is 0 Å². The molecule has 1 aromatic carbocycles. The van der Waals surface area contributed by atoms with Gasteiger partial charge < -0.3 is 19.7 Å². The van der Waals surface area contributed by atoms with Gasteiger partial charge in [0.15, 0.2) is 0 Å². The van der Waals surface area contributed by atoms with E-state index < -0.39 is 0 Å². The smallest absolute Gasteiger partial charge is 0.133 e. The van der Waals surface area contributed by atoms with Gasteiger partial charge in [-0.05, 0) is 24.3 Å². The average Bonchev–Trinajstić information content (AvgIpc) is 2.63. The van der Waals surface area contributed by atoms with E-state index in [1.165, 1.54) is 5.56 Å². The van der Waals surface area contributed by atoms with Gasteiger partial charge in [0.25, 0.3) is 0 Å². The zero-order valence-electron chi connectivity index (χ0n) is 13.8. The summed E-state index contributed by atoms with van der Waals surface area (Å²) >= 11 is 6.08. The zero-order valence-corrected chi connectivity index (χ0v) is 14.6. The Labute approximate surface area is 147 Å². The molecule has 2 aromatic rings. The Morgan fingerprint density at radius 3 is 2.79 bits per heavy atom. The van der Waals surface area contributed by atoms with E-state index in [0.29, 0.717) is 11.6 Å². The van der Waals surface area contributed by atoms with Crippen molar-refractivity contribution in [1.29, 1.82) is 0 Å². The van der Waals surface area contributed by atoms with Crippen molar-refractivity contribution in [3.05, 3.63) is 52.7 Å². The van der Waals surface area contributed by atoms with Crippen LogP contribution in [0.2, 0.25) is 5.02 Å². The van der Waals surface area contributed by atoms with Gasteiger partial charge in [0.05, 0.1) is 20.3 Å². The van der Waals surface area contributed by atoms with Crippen LogP contribution in [0.4, 0.5) is 5.82 Å². The summed E-state index contributed by atoms with van der Waals surface area (Å²) in [5.41, 5.74) is 2.22. The third-order valence-corrected chi connectivity index (χ3v) is 4.29. The molecule has 0 saturated carbocycles. The molecule has 1 N–H and O–H groups in total. The highest BCUT2D eigenvalue weighted by molar-refractivity contribution is 6.30. The van der Waals surface area contributed by atoms with Gasteiger partial charge in [0.1, 0.15) is 11.6 Å². The monoisotopic (exact) mass is 347 g/mol. The normalized spacial score (nSPS) is 14.7. The second-order valence-corrected chi connectivity index (χ2v) is 6.08. The lowest BCUT2D eigenvalue weighted by Crippen LogP contribution is -2.37. The van der Waals surface area contributed by atoms with Crippen molar-refractivity contribution in [2.75, 3.05) is 38.3 Å². The van der Waals surface area contributed by atoms with Crippen molar-refractivity contribution < 1.29 is 9.47 Å². The molecule has 1 aromatic heterocycles. The first-order valence-electron chi connectivity index (χ1n) is 8.07. The number of hydrogen-bond donors (Lipinski definition) is 1. The molecular formula is C18H22ClN3O2. The topological polar surface area (TPSA) is 46.6 Å². The first-order valence-corrected chi connectivity index (χ1v) is 8.45. The van der Waals surface area contributed by atoms with Crippen LogP contribution < -0.4 is 15.0 Å². The van der Waals surface area contributed by atoms with E-state index in [2.05, 4.69) is 21.3 Å². The van der Waals surface area contributed by atoms with E-state index in [1.54, 1.807) is 7.11 Å². The molecule has 128 valence electrons. The Morgan fingerprint density at radius 2 is 2.00 bits per heavy atom. The second-order valence-electron chi connectivity index (χ2n) is 5.65. The van der Waals surface area contributed by atoms with E-state index in [1.807, 2.05) is 30.5 Å². The third kappa shape index (κ3) is 4.17. The van der Waals surface area contributed by atoms with Crippen molar-refractivity contribution in [2.45, 2.75) is 13.1 Å². The van der Waals surface area contributed by atoms with Gasteiger partial charge in [-0.3, -0.25) is 0 Å². The predicted octanol–water partition coefficient (Wildman–Crippen LogP) is 2.87. The second kappa shape index (κ2) is 8.33. The summed E-state index contributed by atoms with van der Waals surface area (Å²) in [6.07, 6.45) is 1.84. The molecule has 1 saturated heterocycles. The average molecular weight is 348 g/mol. The summed E-state index contributed by atoms with van der Waals surface area (Å²) in [6, 6.07) is 9.74. The van der Waals surface area contributed by atoms with E-state index in [-0.39, 0.29) is 0 Å². The molecule has 0 amide bonds. The molecule has 2 heterocycles. The summed E-state index contributed by atoms with van der Waals surface area (Å²) in [5.74, 6) is 1.87. The van der Waals surface area contributed by atoms with Crippen molar-refractivity contribution in [2.24, 2.45) is 0 Å². The molecule has 24 heavy (non-hydrogen) atoms. The SMILES string of the molecule is COc1ccc(Cl)cc1CNCc1cccnc1N1CCOCC1. The number of aromatic nitrogens is 1. The Kier molecular flexibility index (Phi) is 5.91. The third-order valence-electron chi connectivity index (χ3n) is 4.05. The lowest BCUT2D eigenvalue weighted by Gasteiger charge is -2.29. The largest absolute Gasteiger partial charge is 0.496 e.